The predicted molar refractivity (Wildman–Crippen MR) is 67.0 cm³/mol. The second-order valence-electron chi connectivity index (χ2n) is 3.69. The van der Waals surface area contributed by atoms with Gasteiger partial charge in [0, 0.05) is 23.9 Å². The van der Waals surface area contributed by atoms with Gasteiger partial charge in [-0.2, -0.15) is 0 Å². The monoisotopic (exact) mass is 254 g/mol. The van der Waals surface area contributed by atoms with Crippen molar-refractivity contribution < 1.29 is 10.0 Å². The van der Waals surface area contributed by atoms with E-state index in [4.69, 9.17) is 12.2 Å². The Hall–Kier alpha value is -1.89. The quantitative estimate of drug-likeness (QED) is 0.481. The maximum atomic E-state index is 11.4. The third-order valence-electron chi connectivity index (χ3n) is 1.84. The normalized spacial score (nSPS) is 10.1. The van der Waals surface area contributed by atoms with Gasteiger partial charge < -0.3 is 15.7 Å². The average molecular weight is 254 g/mol. The van der Waals surface area contributed by atoms with Gasteiger partial charge in [0.2, 0.25) is 0 Å². The molecule has 2 N–H and O–H groups in total. The number of nitrogens with zero attached hydrogens (tertiary/aromatic N) is 1. The van der Waals surface area contributed by atoms with Crippen LogP contribution >= 0.6 is 12.2 Å². The van der Waals surface area contributed by atoms with E-state index in [1.54, 1.807) is 0 Å². The number of thiocarbonyl (C=S) groups is 1. The van der Waals surface area contributed by atoms with Crippen molar-refractivity contribution in [3.8, 4) is 5.75 Å². The fraction of sp³-hybridized carbons (Fsp3) is 0.300. The summed E-state index contributed by atoms with van der Waals surface area (Å²) >= 11 is 4.95. The summed E-state index contributed by atoms with van der Waals surface area (Å²) in [6, 6.07) is 3.57. The lowest BCUT2D eigenvalue weighted by molar-refractivity contribution is -0.385. The standard InChI is InChI=1S/C10H13N3O3S/c1-6(2)11-10(17)12-8-5-7(13(15)16)3-4-9(8)14/h3-6,14H,1-2H3,(H2,11,12,17)/p-1. The van der Waals surface area contributed by atoms with Crippen LogP contribution in [0.25, 0.3) is 0 Å². The average Bonchev–Trinajstić information content (AvgIpc) is 2.19. The Morgan fingerprint density at radius 3 is 2.65 bits per heavy atom. The molecule has 0 aliphatic carbocycles. The van der Waals surface area contributed by atoms with Gasteiger partial charge in [-0.15, -0.1) is 0 Å². The van der Waals surface area contributed by atoms with Crippen LogP contribution in [0.5, 0.6) is 5.75 Å². The van der Waals surface area contributed by atoms with Crippen LogP contribution in [0.15, 0.2) is 18.2 Å². The second kappa shape index (κ2) is 5.44. The first-order valence-corrected chi connectivity index (χ1v) is 5.34. The van der Waals surface area contributed by atoms with Crippen LogP contribution in [0.4, 0.5) is 11.4 Å². The summed E-state index contributed by atoms with van der Waals surface area (Å²) in [7, 11) is 0. The molecule has 17 heavy (non-hydrogen) atoms. The number of non-ortho nitro benzene ring substituents is 1. The zero-order valence-electron chi connectivity index (χ0n) is 9.39. The van der Waals surface area contributed by atoms with E-state index in [1.807, 2.05) is 13.8 Å². The first kappa shape index (κ1) is 13.2. The molecule has 1 aromatic rings. The molecule has 92 valence electrons. The first-order chi connectivity index (χ1) is 7.90. The molecule has 0 aliphatic heterocycles. The van der Waals surface area contributed by atoms with Gasteiger partial charge in [0.25, 0.3) is 5.69 Å². The maximum Gasteiger partial charge on any atom is 0.271 e. The highest BCUT2D eigenvalue weighted by Crippen LogP contribution is 2.25. The van der Waals surface area contributed by atoms with Crippen molar-refractivity contribution in [3.63, 3.8) is 0 Å². The number of hydrogen-bond acceptors (Lipinski definition) is 4. The van der Waals surface area contributed by atoms with Gasteiger partial charge in [0.1, 0.15) is 0 Å². The minimum Gasteiger partial charge on any atom is -0.871 e. The van der Waals surface area contributed by atoms with Gasteiger partial charge in [-0.3, -0.25) is 10.1 Å². The van der Waals surface area contributed by atoms with Crippen molar-refractivity contribution in [2.24, 2.45) is 0 Å². The van der Waals surface area contributed by atoms with Crippen LogP contribution in [-0.2, 0) is 0 Å². The van der Waals surface area contributed by atoms with E-state index in [9.17, 15) is 15.2 Å². The Bertz CT molecular complexity index is 448. The van der Waals surface area contributed by atoms with Gasteiger partial charge in [0.15, 0.2) is 5.11 Å². The summed E-state index contributed by atoms with van der Waals surface area (Å²) in [6.07, 6.45) is 0. The highest BCUT2D eigenvalue weighted by atomic mass is 32.1. The molecule has 0 amide bonds. The van der Waals surface area contributed by atoms with Crippen molar-refractivity contribution in [1.82, 2.24) is 5.32 Å². The molecule has 1 aromatic carbocycles. The van der Waals surface area contributed by atoms with Gasteiger partial charge in [-0.05, 0) is 26.1 Å². The Balaban J connectivity index is 2.86. The Kier molecular flexibility index (Phi) is 4.22. The van der Waals surface area contributed by atoms with Gasteiger partial charge >= 0.3 is 0 Å². The molecule has 0 radical (unpaired) electrons. The molecule has 0 aromatic heterocycles. The van der Waals surface area contributed by atoms with Gasteiger partial charge in [-0.25, -0.2) is 0 Å². The zero-order valence-corrected chi connectivity index (χ0v) is 10.2. The van der Waals surface area contributed by atoms with Crippen LogP contribution in [0, 0.1) is 10.1 Å². The Morgan fingerprint density at radius 1 is 1.47 bits per heavy atom. The molecule has 0 saturated carbocycles. The molecule has 0 heterocycles. The van der Waals surface area contributed by atoms with Crippen molar-refractivity contribution in [2.45, 2.75) is 19.9 Å². The molecule has 0 aliphatic rings. The molecule has 0 saturated heterocycles. The molecule has 6 nitrogen and oxygen atoms in total. The lowest BCUT2D eigenvalue weighted by atomic mass is 10.2. The van der Waals surface area contributed by atoms with E-state index < -0.39 is 4.92 Å². The van der Waals surface area contributed by atoms with Crippen LogP contribution in [0.3, 0.4) is 0 Å². The predicted octanol–water partition coefficient (Wildman–Crippen LogP) is 1.36. The number of nitrogens with one attached hydrogen (secondary N) is 2. The molecule has 0 unspecified atom stereocenters. The van der Waals surface area contributed by atoms with Crippen molar-refractivity contribution >= 4 is 28.7 Å². The van der Waals surface area contributed by atoms with Gasteiger partial charge in [-0.1, -0.05) is 11.8 Å². The Labute approximate surface area is 104 Å². The lowest BCUT2D eigenvalue weighted by Gasteiger charge is -2.17. The van der Waals surface area contributed by atoms with Crippen LogP contribution in [-0.4, -0.2) is 16.1 Å². The molecule has 0 atom stereocenters. The molecular formula is C10H12N3O3S-. The van der Waals surface area contributed by atoms with Crippen LogP contribution in [0.2, 0.25) is 0 Å². The number of hydrogen-bond donors (Lipinski definition) is 2. The van der Waals surface area contributed by atoms with E-state index in [2.05, 4.69) is 10.6 Å². The lowest BCUT2D eigenvalue weighted by Crippen LogP contribution is -2.34. The fourth-order valence-electron chi connectivity index (χ4n) is 1.15. The van der Waals surface area contributed by atoms with E-state index in [0.717, 1.165) is 18.2 Å². The number of rotatable bonds is 3. The summed E-state index contributed by atoms with van der Waals surface area (Å²) in [5.74, 6) is -0.344. The minimum absolute atomic E-state index is 0.0948. The van der Waals surface area contributed by atoms with Crippen molar-refractivity contribution in [2.75, 3.05) is 5.32 Å². The summed E-state index contributed by atoms with van der Waals surface area (Å²) in [5, 5.41) is 27.8. The third-order valence-corrected chi connectivity index (χ3v) is 2.06. The van der Waals surface area contributed by atoms with Crippen molar-refractivity contribution in [1.29, 1.82) is 0 Å². The molecule has 7 heteroatoms. The van der Waals surface area contributed by atoms with Crippen molar-refractivity contribution in [3.05, 3.63) is 28.3 Å². The summed E-state index contributed by atoms with van der Waals surface area (Å²) in [5.41, 5.74) is -0.0585. The largest absolute Gasteiger partial charge is 0.871 e. The summed E-state index contributed by atoms with van der Waals surface area (Å²) in [4.78, 5) is 9.99. The Morgan fingerprint density at radius 2 is 2.12 bits per heavy atom. The van der Waals surface area contributed by atoms with Crippen LogP contribution < -0.4 is 15.7 Å². The van der Waals surface area contributed by atoms with E-state index in [0.29, 0.717) is 0 Å². The number of nitro groups is 1. The van der Waals surface area contributed by atoms with Crippen LogP contribution in [0.1, 0.15) is 13.8 Å². The maximum absolute atomic E-state index is 11.4. The van der Waals surface area contributed by atoms with E-state index in [1.165, 1.54) is 0 Å². The van der Waals surface area contributed by atoms with Gasteiger partial charge in [0.05, 0.1) is 4.92 Å². The summed E-state index contributed by atoms with van der Waals surface area (Å²) in [6.45, 7) is 3.78. The van der Waals surface area contributed by atoms with E-state index in [-0.39, 0.29) is 28.3 Å². The number of anilines is 1. The number of benzene rings is 1. The minimum atomic E-state index is -0.566. The second-order valence-corrected chi connectivity index (χ2v) is 4.10. The topological polar surface area (TPSA) is 90.3 Å². The highest BCUT2D eigenvalue weighted by Gasteiger charge is 2.08. The fourth-order valence-corrected chi connectivity index (χ4v) is 1.50. The molecule has 1 rings (SSSR count). The first-order valence-electron chi connectivity index (χ1n) is 4.93. The molecule has 0 spiro atoms. The molecule has 0 bridgehead atoms. The highest BCUT2D eigenvalue weighted by molar-refractivity contribution is 7.80. The third kappa shape index (κ3) is 3.87. The number of nitro benzene ring substituents is 1. The smallest absolute Gasteiger partial charge is 0.271 e. The zero-order chi connectivity index (χ0) is 13.0. The SMILES string of the molecule is CC(C)NC(=S)Nc1cc([N+](=O)[O-])ccc1[O-]. The summed E-state index contributed by atoms with van der Waals surface area (Å²) < 4.78 is 0. The molecular weight excluding hydrogens is 242 g/mol. The van der Waals surface area contributed by atoms with E-state index >= 15 is 0 Å². The molecule has 0 fully saturated rings.